The Kier molecular flexibility index (Phi) is 5.41. The molecule has 0 saturated heterocycles. The molecule has 1 atom stereocenters. The second kappa shape index (κ2) is 7.75. The van der Waals surface area contributed by atoms with Crippen molar-refractivity contribution in [2.75, 3.05) is 0 Å². The van der Waals surface area contributed by atoms with Crippen LogP contribution in [0.5, 0.6) is 0 Å². The number of carbonyl (C=O) groups excluding carboxylic acids is 1. The molecule has 27 heavy (non-hydrogen) atoms. The van der Waals surface area contributed by atoms with Gasteiger partial charge in [-0.1, -0.05) is 30.7 Å². The van der Waals surface area contributed by atoms with E-state index >= 15 is 0 Å². The standard InChI is InChI=1S/C19H20ClN5O2/c1-4-12(2)22-18(26)16-9-17(13-5-7-14(20)8-6-13)23-25(19(16)27)15-10-21-24(3)11-15/h5-12H,4H2,1-3H3,(H,22,26). The van der Waals surface area contributed by atoms with Crippen molar-refractivity contribution in [3.05, 3.63) is 63.7 Å². The highest BCUT2D eigenvalue weighted by molar-refractivity contribution is 6.30. The Morgan fingerprint density at radius 1 is 1.30 bits per heavy atom. The monoisotopic (exact) mass is 385 g/mol. The lowest BCUT2D eigenvalue weighted by atomic mass is 10.1. The van der Waals surface area contributed by atoms with Gasteiger partial charge in [0.15, 0.2) is 0 Å². The highest BCUT2D eigenvalue weighted by Gasteiger charge is 2.19. The fourth-order valence-electron chi connectivity index (χ4n) is 2.52. The largest absolute Gasteiger partial charge is 0.349 e. The third-order valence-electron chi connectivity index (χ3n) is 4.22. The zero-order valence-corrected chi connectivity index (χ0v) is 16.1. The number of amides is 1. The number of carbonyl (C=O) groups is 1. The number of aromatic nitrogens is 4. The van der Waals surface area contributed by atoms with Crippen LogP contribution in [0.25, 0.3) is 16.9 Å². The summed E-state index contributed by atoms with van der Waals surface area (Å²) in [6, 6.07) is 8.51. The molecule has 0 bridgehead atoms. The summed E-state index contributed by atoms with van der Waals surface area (Å²) in [5.41, 5.74) is 1.25. The van der Waals surface area contributed by atoms with Crippen LogP contribution in [0.3, 0.4) is 0 Å². The summed E-state index contributed by atoms with van der Waals surface area (Å²) in [7, 11) is 1.74. The molecular weight excluding hydrogens is 366 g/mol. The molecule has 0 aliphatic rings. The van der Waals surface area contributed by atoms with Crippen LogP contribution in [0.2, 0.25) is 5.02 Å². The van der Waals surface area contributed by atoms with Gasteiger partial charge in [0.1, 0.15) is 11.3 Å². The van der Waals surface area contributed by atoms with Crippen LogP contribution < -0.4 is 10.9 Å². The van der Waals surface area contributed by atoms with E-state index in [1.165, 1.54) is 16.9 Å². The number of nitrogens with zero attached hydrogens (tertiary/aromatic N) is 4. The average molecular weight is 386 g/mol. The molecule has 3 rings (SSSR count). The molecule has 7 nitrogen and oxygen atoms in total. The van der Waals surface area contributed by atoms with Gasteiger partial charge in [0.05, 0.1) is 18.1 Å². The van der Waals surface area contributed by atoms with E-state index in [1.54, 1.807) is 42.2 Å². The summed E-state index contributed by atoms with van der Waals surface area (Å²) in [6.45, 7) is 3.85. The summed E-state index contributed by atoms with van der Waals surface area (Å²) in [5.74, 6) is -0.426. The van der Waals surface area contributed by atoms with Gasteiger partial charge in [0, 0.05) is 23.7 Å². The summed E-state index contributed by atoms with van der Waals surface area (Å²) < 4.78 is 2.76. The summed E-state index contributed by atoms with van der Waals surface area (Å²) in [6.07, 6.45) is 3.95. The minimum atomic E-state index is -0.499. The molecule has 0 radical (unpaired) electrons. The minimum absolute atomic E-state index is 0.0269. The highest BCUT2D eigenvalue weighted by atomic mass is 35.5. The van der Waals surface area contributed by atoms with Crippen molar-refractivity contribution in [3.63, 3.8) is 0 Å². The van der Waals surface area contributed by atoms with Gasteiger partial charge in [-0.3, -0.25) is 14.3 Å². The van der Waals surface area contributed by atoms with Crippen molar-refractivity contribution < 1.29 is 4.79 Å². The molecule has 0 aliphatic heterocycles. The van der Waals surface area contributed by atoms with Crippen molar-refractivity contribution in [2.24, 2.45) is 7.05 Å². The van der Waals surface area contributed by atoms with Crippen molar-refractivity contribution in [1.29, 1.82) is 0 Å². The number of halogens is 1. The molecule has 0 fully saturated rings. The van der Waals surface area contributed by atoms with Crippen LogP contribution >= 0.6 is 11.6 Å². The van der Waals surface area contributed by atoms with Crippen molar-refractivity contribution in [3.8, 4) is 16.9 Å². The first kappa shape index (κ1) is 18.8. The quantitative estimate of drug-likeness (QED) is 0.732. The molecule has 0 aliphatic carbocycles. The summed E-state index contributed by atoms with van der Waals surface area (Å²) in [4.78, 5) is 25.6. The highest BCUT2D eigenvalue weighted by Crippen LogP contribution is 2.20. The zero-order chi connectivity index (χ0) is 19.6. The maximum atomic E-state index is 12.9. The number of benzene rings is 1. The molecule has 8 heteroatoms. The maximum Gasteiger partial charge on any atom is 0.284 e. The Morgan fingerprint density at radius 2 is 2.00 bits per heavy atom. The van der Waals surface area contributed by atoms with Crippen molar-refractivity contribution in [2.45, 2.75) is 26.3 Å². The SMILES string of the molecule is CCC(C)NC(=O)c1cc(-c2ccc(Cl)cc2)nn(-c2cnn(C)c2)c1=O. The molecule has 0 saturated carbocycles. The van der Waals surface area contributed by atoms with Crippen molar-refractivity contribution in [1.82, 2.24) is 24.9 Å². The number of nitrogens with one attached hydrogen (secondary N) is 1. The van der Waals surface area contributed by atoms with Crippen LogP contribution in [-0.2, 0) is 7.05 Å². The van der Waals surface area contributed by atoms with Gasteiger partial charge in [-0.15, -0.1) is 0 Å². The molecule has 1 amide bonds. The number of hydrogen-bond donors (Lipinski definition) is 1. The predicted molar refractivity (Wildman–Crippen MR) is 104 cm³/mol. The van der Waals surface area contributed by atoms with E-state index in [4.69, 9.17) is 11.6 Å². The Labute approximate surface area is 161 Å². The third kappa shape index (κ3) is 4.09. The summed E-state index contributed by atoms with van der Waals surface area (Å²) in [5, 5.41) is 11.9. The number of aryl methyl sites for hydroxylation is 1. The number of hydrogen-bond acceptors (Lipinski definition) is 4. The fourth-order valence-corrected chi connectivity index (χ4v) is 2.64. The lowest BCUT2D eigenvalue weighted by molar-refractivity contribution is 0.0937. The Bertz CT molecular complexity index is 1020. The minimum Gasteiger partial charge on any atom is -0.349 e. The van der Waals surface area contributed by atoms with E-state index in [0.29, 0.717) is 16.4 Å². The first-order chi connectivity index (χ1) is 12.9. The van der Waals surface area contributed by atoms with E-state index < -0.39 is 11.5 Å². The van der Waals surface area contributed by atoms with E-state index in [0.717, 1.165) is 12.0 Å². The Balaban J connectivity index is 2.17. The lowest BCUT2D eigenvalue weighted by Crippen LogP contribution is -2.37. The zero-order valence-electron chi connectivity index (χ0n) is 15.3. The van der Waals surface area contributed by atoms with Crippen LogP contribution in [0.1, 0.15) is 30.6 Å². The normalized spacial score (nSPS) is 12.0. The van der Waals surface area contributed by atoms with Crippen LogP contribution in [0.4, 0.5) is 0 Å². The molecule has 3 aromatic rings. The third-order valence-corrected chi connectivity index (χ3v) is 4.47. The van der Waals surface area contributed by atoms with Gasteiger partial charge in [-0.25, -0.2) is 0 Å². The van der Waals surface area contributed by atoms with Crippen LogP contribution in [-0.4, -0.2) is 31.5 Å². The average Bonchev–Trinajstić information content (AvgIpc) is 3.08. The first-order valence-corrected chi connectivity index (χ1v) is 8.97. The van der Waals surface area contributed by atoms with E-state index in [2.05, 4.69) is 15.5 Å². The van der Waals surface area contributed by atoms with Gasteiger partial charge < -0.3 is 5.32 Å². The summed E-state index contributed by atoms with van der Waals surface area (Å²) >= 11 is 5.96. The molecular formula is C19H20ClN5O2. The molecule has 0 spiro atoms. The molecule has 2 heterocycles. The van der Waals surface area contributed by atoms with Gasteiger partial charge in [0.2, 0.25) is 0 Å². The van der Waals surface area contributed by atoms with E-state index in [1.807, 2.05) is 13.8 Å². The second-order valence-electron chi connectivity index (χ2n) is 6.32. The van der Waals surface area contributed by atoms with Gasteiger partial charge >= 0.3 is 0 Å². The Hall–Kier alpha value is -2.93. The molecule has 140 valence electrons. The molecule has 1 N–H and O–H groups in total. The fraction of sp³-hybridized carbons (Fsp3) is 0.263. The van der Waals surface area contributed by atoms with Gasteiger partial charge in [0.25, 0.3) is 11.5 Å². The van der Waals surface area contributed by atoms with Crippen LogP contribution in [0, 0.1) is 0 Å². The maximum absolute atomic E-state index is 12.9. The van der Waals surface area contributed by atoms with Crippen molar-refractivity contribution >= 4 is 17.5 Å². The molecule has 1 aromatic carbocycles. The number of rotatable bonds is 5. The van der Waals surface area contributed by atoms with E-state index in [9.17, 15) is 9.59 Å². The lowest BCUT2D eigenvalue weighted by Gasteiger charge is -2.13. The second-order valence-corrected chi connectivity index (χ2v) is 6.76. The topological polar surface area (TPSA) is 81.8 Å². The first-order valence-electron chi connectivity index (χ1n) is 8.59. The predicted octanol–water partition coefficient (Wildman–Crippen LogP) is 2.81. The smallest absolute Gasteiger partial charge is 0.284 e. The van der Waals surface area contributed by atoms with Gasteiger partial charge in [-0.2, -0.15) is 14.9 Å². The molecule has 1 unspecified atom stereocenters. The van der Waals surface area contributed by atoms with E-state index in [-0.39, 0.29) is 11.6 Å². The molecule has 2 aromatic heterocycles. The Morgan fingerprint density at radius 3 is 2.59 bits per heavy atom. The van der Waals surface area contributed by atoms with Crippen LogP contribution in [0.15, 0.2) is 47.5 Å². The van der Waals surface area contributed by atoms with Gasteiger partial charge in [-0.05, 0) is 31.5 Å².